The monoisotopic (exact) mass is 160 g/mol. The largest absolute Gasteiger partial charge is 0.369 e. The summed E-state index contributed by atoms with van der Waals surface area (Å²) < 4.78 is 0. The quantitative estimate of drug-likeness (QED) is 0.569. The van der Waals surface area contributed by atoms with Crippen molar-refractivity contribution in [2.24, 2.45) is 17.6 Å². The molecule has 11 heavy (non-hydrogen) atoms. The second kappa shape index (κ2) is 5.75. The van der Waals surface area contributed by atoms with Crippen LogP contribution in [0.3, 0.4) is 0 Å². The molecular weight excluding hydrogens is 140 g/mol. The third-order valence-corrected chi connectivity index (χ3v) is 1.37. The summed E-state index contributed by atoms with van der Waals surface area (Å²) >= 11 is 0. The van der Waals surface area contributed by atoms with E-state index in [1.165, 1.54) is 0 Å². The third-order valence-electron chi connectivity index (χ3n) is 1.37. The van der Waals surface area contributed by atoms with Crippen LogP contribution >= 0.6 is 0 Å². The summed E-state index contributed by atoms with van der Waals surface area (Å²) in [6, 6.07) is 0. The molecule has 0 bridgehead atoms. The highest BCUT2D eigenvalue weighted by atomic mass is 16.1. The lowest BCUT2D eigenvalue weighted by Gasteiger charge is -1.81. The fraction of sp³-hybridized carbons (Fsp3) is 0.625. The minimum atomic E-state index is -0.257. The number of amides is 1. The average Bonchev–Trinajstić information content (AvgIpc) is 2.70. The van der Waals surface area contributed by atoms with E-state index in [0.717, 1.165) is 6.42 Å². The molecule has 0 unspecified atom stereocenters. The fourth-order valence-corrected chi connectivity index (χ4v) is 0.694. The van der Waals surface area contributed by atoms with Crippen LogP contribution in [0.4, 0.5) is 0 Å². The Morgan fingerprint density at radius 2 is 2.18 bits per heavy atom. The molecule has 0 aromatic rings. The predicted octanol–water partition coefficient (Wildman–Crippen LogP) is 1.42. The van der Waals surface area contributed by atoms with E-state index in [1.54, 1.807) is 0 Å². The highest BCUT2D eigenvalue weighted by Gasteiger charge is 2.40. The Labute approximate surface area is 70.9 Å². The minimum Gasteiger partial charge on any atom is -0.369 e. The number of carbonyl (C=O) groups is 1. The molecule has 0 saturated heterocycles. The zero-order valence-corrected chi connectivity index (χ0v) is 7.13. The molecule has 5 N–H and O–H groups in total. The van der Waals surface area contributed by atoms with Crippen molar-refractivity contribution in [1.82, 2.24) is 6.15 Å². The van der Waals surface area contributed by atoms with Crippen LogP contribution in [-0.2, 0) is 4.79 Å². The Balaban J connectivity index is -0.0000000761. The second-order valence-electron chi connectivity index (χ2n) is 2.02. The maximum absolute atomic E-state index is 10.3. The van der Waals surface area contributed by atoms with Crippen LogP contribution in [0.2, 0.25) is 0 Å². The molecule has 0 aromatic heterocycles. The van der Waals surface area contributed by atoms with Crippen molar-refractivity contribution in [3.05, 3.63) is 0 Å². The maximum atomic E-state index is 10.3. The van der Waals surface area contributed by atoms with Gasteiger partial charge in [-0.15, -0.1) is 12.3 Å². The molecule has 0 heterocycles. The molecule has 0 aromatic carbocycles. The number of carbonyl (C=O) groups excluding carboxylic acids is 1. The fourth-order valence-electron chi connectivity index (χ4n) is 0.694. The van der Waals surface area contributed by atoms with Gasteiger partial charge in [0, 0.05) is 8.77 Å². The standard InChI is InChI=1S/C6H7NO.C2H6.H3N.2H2/c1-2-4-3-5(4)6(7)8;1-2;;;/h1,4-5H,3H2,(H2,7,8);1-2H3;1H3;2*1H/t4-,5+;;;;/m1..../s1. The lowest BCUT2D eigenvalue weighted by Crippen LogP contribution is -2.13. The Bertz CT molecular complexity index is 168. The molecule has 0 spiro atoms. The first-order valence-electron chi connectivity index (χ1n) is 3.51. The van der Waals surface area contributed by atoms with Gasteiger partial charge in [0.15, 0.2) is 0 Å². The van der Waals surface area contributed by atoms with Crippen LogP contribution < -0.4 is 11.9 Å². The first-order chi connectivity index (χ1) is 4.75. The van der Waals surface area contributed by atoms with Crippen LogP contribution in [-0.4, -0.2) is 5.91 Å². The third kappa shape index (κ3) is 3.64. The minimum absolute atomic E-state index is 0. The van der Waals surface area contributed by atoms with Crippen molar-refractivity contribution >= 4 is 5.91 Å². The number of hydrogen-bond donors (Lipinski definition) is 2. The molecule has 3 nitrogen and oxygen atoms in total. The Morgan fingerprint density at radius 3 is 2.27 bits per heavy atom. The number of nitrogens with two attached hydrogens (primary N) is 1. The van der Waals surface area contributed by atoms with E-state index in [9.17, 15) is 4.79 Å². The summed E-state index contributed by atoms with van der Waals surface area (Å²) in [7, 11) is 0. The lowest BCUT2D eigenvalue weighted by molar-refractivity contribution is -0.119. The van der Waals surface area contributed by atoms with Crippen LogP contribution in [0.1, 0.15) is 23.1 Å². The van der Waals surface area contributed by atoms with Crippen LogP contribution in [0.5, 0.6) is 0 Å². The molecule has 68 valence electrons. The number of hydrogen-bond acceptors (Lipinski definition) is 2. The molecule has 1 rings (SSSR count). The van der Waals surface area contributed by atoms with Gasteiger partial charge in [-0.1, -0.05) is 13.8 Å². The van der Waals surface area contributed by atoms with Gasteiger partial charge in [0.05, 0.1) is 5.92 Å². The Morgan fingerprint density at radius 1 is 1.73 bits per heavy atom. The van der Waals surface area contributed by atoms with Gasteiger partial charge in [-0.25, -0.2) is 0 Å². The summed E-state index contributed by atoms with van der Waals surface area (Å²) in [6.07, 6.45) is 5.80. The van der Waals surface area contributed by atoms with Crippen LogP contribution in [0, 0.1) is 24.2 Å². The topological polar surface area (TPSA) is 78.1 Å². The highest BCUT2D eigenvalue weighted by molar-refractivity contribution is 5.80. The number of primary amides is 1. The van der Waals surface area contributed by atoms with Gasteiger partial charge in [-0.05, 0) is 6.42 Å². The van der Waals surface area contributed by atoms with Crippen molar-refractivity contribution < 1.29 is 7.65 Å². The van der Waals surface area contributed by atoms with Gasteiger partial charge in [-0.3, -0.25) is 4.79 Å². The smallest absolute Gasteiger partial charge is 0.221 e. The predicted molar refractivity (Wildman–Crippen MR) is 50.2 cm³/mol. The zero-order valence-electron chi connectivity index (χ0n) is 7.13. The van der Waals surface area contributed by atoms with Gasteiger partial charge < -0.3 is 11.9 Å². The number of terminal acetylenes is 1. The van der Waals surface area contributed by atoms with Gasteiger partial charge in [0.2, 0.25) is 5.91 Å². The van der Waals surface area contributed by atoms with E-state index in [-0.39, 0.29) is 26.7 Å². The summed E-state index contributed by atoms with van der Waals surface area (Å²) in [5.74, 6) is 2.34. The van der Waals surface area contributed by atoms with Gasteiger partial charge >= 0.3 is 0 Å². The van der Waals surface area contributed by atoms with Crippen molar-refractivity contribution in [1.29, 1.82) is 0 Å². The first-order valence-corrected chi connectivity index (χ1v) is 3.51. The summed E-state index contributed by atoms with van der Waals surface area (Å²) in [5.41, 5.74) is 4.93. The number of rotatable bonds is 1. The van der Waals surface area contributed by atoms with Crippen molar-refractivity contribution in [2.75, 3.05) is 0 Å². The molecule has 1 aliphatic rings. The van der Waals surface area contributed by atoms with Crippen molar-refractivity contribution in [2.45, 2.75) is 20.3 Å². The lowest BCUT2D eigenvalue weighted by atomic mass is 10.3. The summed E-state index contributed by atoms with van der Waals surface area (Å²) in [6.45, 7) is 4.00. The molecule has 3 heteroatoms. The van der Waals surface area contributed by atoms with E-state index in [1.807, 2.05) is 13.8 Å². The molecule has 1 fully saturated rings. The summed E-state index contributed by atoms with van der Waals surface area (Å²) in [5, 5.41) is 0. The molecule has 2 atom stereocenters. The summed E-state index contributed by atoms with van der Waals surface area (Å²) in [4.78, 5) is 10.3. The molecule has 1 amide bonds. The van der Waals surface area contributed by atoms with Gasteiger partial charge in [-0.2, -0.15) is 0 Å². The molecule has 0 aliphatic heterocycles. The van der Waals surface area contributed by atoms with E-state index < -0.39 is 0 Å². The first kappa shape index (κ1) is 12.6. The van der Waals surface area contributed by atoms with E-state index in [4.69, 9.17) is 12.2 Å². The van der Waals surface area contributed by atoms with Crippen molar-refractivity contribution in [3.63, 3.8) is 0 Å². The van der Waals surface area contributed by atoms with E-state index in [0.29, 0.717) is 0 Å². The average molecular weight is 160 g/mol. The Hall–Kier alpha value is -1.01. The van der Waals surface area contributed by atoms with Crippen LogP contribution in [0.15, 0.2) is 0 Å². The van der Waals surface area contributed by atoms with Crippen molar-refractivity contribution in [3.8, 4) is 12.3 Å². The highest BCUT2D eigenvalue weighted by Crippen LogP contribution is 2.36. The van der Waals surface area contributed by atoms with Crippen LogP contribution in [0.25, 0.3) is 0 Å². The molecule has 0 radical (unpaired) electrons. The van der Waals surface area contributed by atoms with Gasteiger partial charge in [0.25, 0.3) is 0 Å². The zero-order chi connectivity index (χ0) is 8.15. The SMILES string of the molecule is C#C[C@@H]1C[C@@H]1C(N)=O.CC.N.[HH].[HH]. The molecule has 1 aliphatic carbocycles. The Kier molecular flexibility index (Phi) is 6.61. The van der Waals surface area contributed by atoms with E-state index in [2.05, 4.69) is 5.92 Å². The second-order valence-corrected chi connectivity index (χ2v) is 2.02. The van der Waals surface area contributed by atoms with Gasteiger partial charge in [0.1, 0.15) is 0 Å². The van der Waals surface area contributed by atoms with E-state index >= 15 is 0 Å². The molecule has 1 saturated carbocycles. The maximum Gasteiger partial charge on any atom is 0.221 e. The molecular formula is C8H20N2O. The normalized spacial score (nSPS) is 24.8.